The maximum Gasteiger partial charge on any atom is 0.303 e. The topological polar surface area (TPSA) is 86.7 Å². The van der Waals surface area contributed by atoms with E-state index in [1.54, 1.807) is 6.07 Å². The summed E-state index contributed by atoms with van der Waals surface area (Å²) in [4.78, 5) is 37.1. The monoisotopic (exact) mass is 404 g/mol. The van der Waals surface area contributed by atoms with Crippen LogP contribution >= 0.6 is 0 Å². The normalized spacial score (nSPS) is 22.5. The molecule has 3 rings (SSSR count). The van der Waals surface area contributed by atoms with Gasteiger partial charge in [-0.2, -0.15) is 0 Å². The van der Waals surface area contributed by atoms with Crippen molar-refractivity contribution >= 4 is 17.8 Å². The number of hydrogen-bond acceptors (Lipinski definition) is 3. The lowest BCUT2D eigenvalue weighted by Crippen LogP contribution is -2.44. The highest BCUT2D eigenvalue weighted by Gasteiger charge is 2.38. The molecular formula is C22H29FN2O4. The largest absolute Gasteiger partial charge is 0.481 e. The fraction of sp³-hybridized carbons (Fsp3) is 0.591. The van der Waals surface area contributed by atoms with Crippen LogP contribution in [0.5, 0.6) is 0 Å². The molecule has 6 nitrogen and oxygen atoms in total. The molecule has 0 bridgehead atoms. The number of likely N-dealkylation sites (tertiary alicyclic amines) is 1. The molecule has 1 unspecified atom stereocenters. The second kappa shape index (κ2) is 9.37. The third-order valence-corrected chi connectivity index (χ3v) is 6.30. The molecule has 158 valence electrons. The first-order valence-corrected chi connectivity index (χ1v) is 10.4. The zero-order valence-electron chi connectivity index (χ0n) is 16.7. The third-order valence-electron chi connectivity index (χ3n) is 6.30. The van der Waals surface area contributed by atoms with Crippen molar-refractivity contribution in [2.45, 2.75) is 63.3 Å². The van der Waals surface area contributed by atoms with E-state index in [0.29, 0.717) is 57.5 Å². The summed E-state index contributed by atoms with van der Waals surface area (Å²) in [5.74, 6) is -0.723. The highest BCUT2D eigenvalue weighted by Crippen LogP contribution is 2.31. The Bertz CT molecular complexity index is 761. The molecule has 2 aliphatic rings. The Labute approximate surface area is 170 Å². The Morgan fingerprint density at radius 2 is 1.86 bits per heavy atom. The van der Waals surface area contributed by atoms with Crippen molar-refractivity contribution < 1.29 is 23.9 Å². The van der Waals surface area contributed by atoms with Crippen molar-refractivity contribution in [1.82, 2.24) is 10.2 Å². The highest BCUT2D eigenvalue weighted by atomic mass is 19.1. The van der Waals surface area contributed by atoms with Crippen molar-refractivity contribution in [3.63, 3.8) is 0 Å². The first kappa shape index (κ1) is 21.3. The molecule has 0 spiro atoms. The standard InChI is InChI=1S/C22H29FN2O4/c23-18-4-2-1-3-17(18)15-16-8-13-25(14-9-16)20(27)6-11-22(12-7-21(28)29)10-5-19(26)24-22/h1-4,16H,5-15H2,(H,24,26)(H,28,29). The molecule has 2 heterocycles. The number of carbonyl (C=O) groups is 3. The van der Waals surface area contributed by atoms with E-state index < -0.39 is 11.5 Å². The van der Waals surface area contributed by atoms with Crippen LogP contribution in [0.15, 0.2) is 24.3 Å². The molecule has 2 saturated heterocycles. The Balaban J connectivity index is 1.47. The molecule has 0 saturated carbocycles. The van der Waals surface area contributed by atoms with Gasteiger partial charge in [0, 0.05) is 37.9 Å². The number of benzene rings is 1. The van der Waals surface area contributed by atoms with Crippen LogP contribution in [0.1, 0.15) is 56.9 Å². The zero-order valence-corrected chi connectivity index (χ0v) is 16.7. The second-order valence-electron chi connectivity index (χ2n) is 8.34. The SMILES string of the molecule is O=C(O)CCC1(CCC(=O)N2CCC(Cc3ccccc3F)CC2)CCC(=O)N1. The van der Waals surface area contributed by atoms with Gasteiger partial charge in [-0.15, -0.1) is 0 Å². The molecule has 2 N–H and O–H groups in total. The number of rotatable bonds is 8. The molecule has 2 fully saturated rings. The van der Waals surface area contributed by atoms with E-state index in [1.165, 1.54) is 6.07 Å². The van der Waals surface area contributed by atoms with Gasteiger partial charge in [-0.3, -0.25) is 14.4 Å². The zero-order chi connectivity index (χ0) is 20.9. The fourth-order valence-electron chi connectivity index (χ4n) is 4.49. The number of aliphatic carboxylic acids is 1. The van der Waals surface area contributed by atoms with Gasteiger partial charge in [-0.05, 0) is 56.1 Å². The van der Waals surface area contributed by atoms with E-state index in [-0.39, 0.29) is 24.1 Å². The van der Waals surface area contributed by atoms with Crippen molar-refractivity contribution in [1.29, 1.82) is 0 Å². The summed E-state index contributed by atoms with van der Waals surface area (Å²) in [7, 11) is 0. The molecule has 1 aromatic carbocycles. The summed E-state index contributed by atoms with van der Waals surface area (Å²) in [5, 5.41) is 11.9. The van der Waals surface area contributed by atoms with Crippen molar-refractivity contribution in [3.05, 3.63) is 35.6 Å². The minimum Gasteiger partial charge on any atom is -0.481 e. The minimum atomic E-state index is -0.895. The van der Waals surface area contributed by atoms with Gasteiger partial charge in [0.05, 0.1) is 0 Å². The molecule has 0 radical (unpaired) electrons. The predicted molar refractivity (Wildman–Crippen MR) is 106 cm³/mol. The molecule has 2 aliphatic heterocycles. The lowest BCUT2D eigenvalue weighted by atomic mass is 9.86. The van der Waals surface area contributed by atoms with E-state index in [1.807, 2.05) is 17.0 Å². The summed E-state index contributed by atoms with van der Waals surface area (Å²) in [6.45, 7) is 1.32. The van der Waals surface area contributed by atoms with Gasteiger partial charge in [-0.25, -0.2) is 4.39 Å². The molecule has 1 atom stereocenters. The lowest BCUT2D eigenvalue weighted by Gasteiger charge is -2.34. The van der Waals surface area contributed by atoms with Gasteiger partial charge in [0.1, 0.15) is 5.82 Å². The number of carbonyl (C=O) groups excluding carboxylic acids is 2. The summed E-state index contributed by atoms with van der Waals surface area (Å²) >= 11 is 0. The van der Waals surface area contributed by atoms with E-state index in [2.05, 4.69) is 5.32 Å². The number of halogens is 1. The molecule has 29 heavy (non-hydrogen) atoms. The van der Waals surface area contributed by atoms with Crippen LogP contribution in [0.3, 0.4) is 0 Å². The Kier molecular flexibility index (Phi) is 6.87. The molecule has 7 heteroatoms. The van der Waals surface area contributed by atoms with E-state index in [4.69, 9.17) is 5.11 Å². The molecular weight excluding hydrogens is 375 g/mol. The van der Waals surface area contributed by atoms with E-state index in [9.17, 15) is 18.8 Å². The average molecular weight is 404 g/mol. The Morgan fingerprint density at radius 3 is 2.48 bits per heavy atom. The number of carboxylic acids is 1. The number of nitrogens with one attached hydrogen (secondary N) is 1. The van der Waals surface area contributed by atoms with Gasteiger partial charge >= 0.3 is 5.97 Å². The van der Waals surface area contributed by atoms with Crippen LogP contribution in [0.25, 0.3) is 0 Å². The van der Waals surface area contributed by atoms with Crippen molar-refractivity contribution in [2.75, 3.05) is 13.1 Å². The highest BCUT2D eigenvalue weighted by molar-refractivity contribution is 5.80. The third kappa shape index (κ3) is 5.78. The molecule has 2 amide bonds. The maximum absolute atomic E-state index is 13.8. The fourth-order valence-corrected chi connectivity index (χ4v) is 4.49. The first-order chi connectivity index (χ1) is 13.9. The van der Waals surface area contributed by atoms with Crippen LogP contribution in [0.4, 0.5) is 4.39 Å². The van der Waals surface area contributed by atoms with Crippen molar-refractivity contribution in [2.24, 2.45) is 5.92 Å². The van der Waals surface area contributed by atoms with Gasteiger partial charge in [-0.1, -0.05) is 18.2 Å². The quantitative estimate of drug-likeness (QED) is 0.698. The Hall–Kier alpha value is -2.44. The van der Waals surface area contributed by atoms with E-state index >= 15 is 0 Å². The number of carboxylic acid groups (broad SMARTS) is 1. The van der Waals surface area contributed by atoms with Crippen LogP contribution in [-0.4, -0.2) is 46.4 Å². The van der Waals surface area contributed by atoms with Crippen LogP contribution in [-0.2, 0) is 20.8 Å². The smallest absolute Gasteiger partial charge is 0.303 e. The molecule has 0 aliphatic carbocycles. The lowest BCUT2D eigenvalue weighted by molar-refractivity contribution is -0.137. The number of hydrogen-bond donors (Lipinski definition) is 2. The van der Waals surface area contributed by atoms with Gasteiger partial charge < -0.3 is 15.3 Å². The van der Waals surface area contributed by atoms with Gasteiger partial charge in [0.2, 0.25) is 11.8 Å². The number of piperidine rings is 1. The average Bonchev–Trinajstić information content (AvgIpc) is 3.08. The van der Waals surface area contributed by atoms with Crippen LogP contribution < -0.4 is 5.32 Å². The van der Waals surface area contributed by atoms with Crippen LogP contribution in [0.2, 0.25) is 0 Å². The van der Waals surface area contributed by atoms with Gasteiger partial charge in [0.25, 0.3) is 0 Å². The maximum atomic E-state index is 13.8. The number of amides is 2. The molecule has 1 aromatic rings. The van der Waals surface area contributed by atoms with Crippen LogP contribution in [0, 0.1) is 11.7 Å². The second-order valence-corrected chi connectivity index (χ2v) is 8.34. The van der Waals surface area contributed by atoms with E-state index in [0.717, 1.165) is 18.4 Å². The predicted octanol–water partition coefficient (Wildman–Crippen LogP) is 2.90. The summed E-state index contributed by atoms with van der Waals surface area (Å²) in [5.41, 5.74) is 0.156. The summed E-state index contributed by atoms with van der Waals surface area (Å²) < 4.78 is 13.8. The summed E-state index contributed by atoms with van der Waals surface area (Å²) in [6, 6.07) is 6.84. The minimum absolute atomic E-state index is 0.0179. The van der Waals surface area contributed by atoms with Crippen molar-refractivity contribution in [3.8, 4) is 0 Å². The Morgan fingerprint density at radius 1 is 1.17 bits per heavy atom. The molecule has 0 aromatic heterocycles. The van der Waals surface area contributed by atoms with Gasteiger partial charge in [0.15, 0.2) is 0 Å². The first-order valence-electron chi connectivity index (χ1n) is 10.4. The number of nitrogens with zero attached hydrogens (tertiary/aromatic N) is 1. The summed E-state index contributed by atoms with van der Waals surface area (Å²) in [6.07, 6.45) is 4.47.